The molecule has 1 unspecified atom stereocenters. The normalized spacial score (nSPS) is 20.8. The van der Waals surface area contributed by atoms with Crippen LogP contribution in [0.5, 0.6) is 0 Å². The number of benzene rings is 1. The summed E-state index contributed by atoms with van der Waals surface area (Å²) in [4.78, 5) is 12.8. The second kappa shape index (κ2) is 8.87. The molecule has 1 aliphatic heterocycles. The molecule has 9 heteroatoms. The van der Waals surface area contributed by atoms with Gasteiger partial charge in [-0.15, -0.1) is 0 Å². The summed E-state index contributed by atoms with van der Waals surface area (Å²) >= 11 is 0. The van der Waals surface area contributed by atoms with E-state index in [1.165, 1.54) is 14.4 Å². The molecule has 162 valence electrons. The highest BCUT2D eigenvalue weighted by molar-refractivity contribution is 7.92. The van der Waals surface area contributed by atoms with Gasteiger partial charge in [0.05, 0.1) is 13.2 Å². The van der Waals surface area contributed by atoms with Gasteiger partial charge in [0.1, 0.15) is 5.82 Å². The summed E-state index contributed by atoms with van der Waals surface area (Å²) in [6.07, 6.45) is 5.13. The Morgan fingerprint density at radius 1 is 1.20 bits per heavy atom. The van der Waals surface area contributed by atoms with Crippen molar-refractivity contribution in [1.29, 1.82) is 0 Å². The van der Waals surface area contributed by atoms with Gasteiger partial charge in [0.15, 0.2) is 0 Å². The Kier molecular flexibility index (Phi) is 6.21. The molecule has 0 amide bonds. The molecule has 1 aromatic heterocycles. The molecule has 0 spiro atoms. The van der Waals surface area contributed by atoms with Crippen molar-refractivity contribution in [2.24, 2.45) is 0 Å². The molecular weight excluding hydrogens is 404 g/mol. The number of hydrogen-bond acceptors (Lipinski definition) is 5. The molecule has 2 heterocycles. The summed E-state index contributed by atoms with van der Waals surface area (Å²) in [6.45, 7) is 1.64. The van der Waals surface area contributed by atoms with E-state index in [0.717, 1.165) is 31.2 Å². The van der Waals surface area contributed by atoms with Crippen LogP contribution in [0.2, 0.25) is 0 Å². The number of hydrogen-bond donors (Lipinski definition) is 0. The first-order valence-corrected chi connectivity index (χ1v) is 11.9. The monoisotopic (exact) mass is 432 g/mol. The molecular formula is C21H28N4O4S. The van der Waals surface area contributed by atoms with Crippen molar-refractivity contribution < 1.29 is 13.2 Å². The Hall–Kier alpha value is -2.23. The molecule has 2 aliphatic rings. The maximum Gasteiger partial charge on any atom is 0.346 e. The minimum atomic E-state index is -3.55. The van der Waals surface area contributed by atoms with E-state index < -0.39 is 10.0 Å². The molecule has 0 radical (unpaired) electrons. The fourth-order valence-corrected chi connectivity index (χ4v) is 5.19. The van der Waals surface area contributed by atoms with Crippen molar-refractivity contribution in [3.63, 3.8) is 0 Å². The molecule has 0 N–H and O–H groups in total. The molecule has 1 saturated heterocycles. The first-order chi connectivity index (χ1) is 14.5. The van der Waals surface area contributed by atoms with Crippen molar-refractivity contribution in [2.75, 3.05) is 26.8 Å². The molecule has 1 saturated carbocycles. The smallest absolute Gasteiger partial charge is 0.346 e. The van der Waals surface area contributed by atoms with Crippen LogP contribution < -0.4 is 5.69 Å². The summed E-state index contributed by atoms with van der Waals surface area (Å²) in [5.41, 5.74) is 0.725. The third-order valence-electron chi connectivity index (χ3n) is 5.66. The Balaban J connectivity index is 1.55. The maximum atomic E-state index is 12.9. The summed E-state index contributed by atoms with van der Waals surface area (Å²) in [5.74, 6) is 0.626. The summed E-state index contributed by atoms with van der Waals surface area (Å²) < 4.78 is 35.7. The maximum absolute atomic E-state index is 12.9. The van der Waals surface area contributed by atoms with E-state index in [1.54, 1.807) is 17.8 Å². The molecule has 2 fully saturated rings. The van der Waals surface area contributed by atoms with Crippen molar-refractivity contribution in [1.82, 2.24) is 18.7 Å². The van der Waals surface area contributed by atoms with Gasteiger partial charge in [-0.25, -0.2) is 17.9 Å². The van der Waals surface area contributed by atoms with Crippen LogP contribution in [0.25, 0.3) is 6.08 Å². The van der Waals surface area contributed by atoms with Crippen LogP contribution in [-0.4, -0.2) is 53.9 Å². The van der Waals surface area contributed by atoms with E-state index in [-0.39, 0.29) is 17.6 Å². The van der Waals surface area contributed by atoms with Crippen molar-refractivity contribution in [3.05, 3.63) is 57.6 Å². The van der Waals surface area contributed by atoms with Crippen molar-refractivity contribution in [3.8, 4) is 0 Å². The fraction of sp³-hybridized carbons (Fsp3) is 0.524. The van der Waals surface area contributed by atoms with E-state index in [9.17, 15) is 13.2 Å². The van der Waals surface area contributed by atoms with E-state index in [0.29, 0.717) is 32.1 Å². The molecule has 0 bridgehead atoms. The molecule has 30 heavy (non-hydrogen) atoms. The minimum absolute atomic E-state index is 0.0873. The van der Waals surface area contributed by atoms with E-state index in [1.807, 2.05) is 30.3 Å². The Labute approximate surface area is 176 Å². The van der Waals surface area contributed by atoms with Crippen molar-refractivity contribution >= 4 is 16.1 Å². The number of ether oxygens (including phenoxy) is 1. The Morgan fingerprint density at radius 2 is 1.97 bits per heavy atom. The minimum Gasteiger partial charge on any atom is -0.383 e. The number of sulfonamides is 1. The molecule has 1 atom stereocenters. The van der Waals surface area contributed by atoms with E-state index >= 15 is 0 Å². The van der Waals surface area contributed by atoms with Crippen molar-refractivity contribution in [2.45, 2.75) is 44.2 Å². The Bertz CT molecular complexity index is 1050. The average Bonchev–Trinajstić information content (AvgIpc) is 3.55. The zero-order valence-corrected chi connectivity index (χ0v) is 18.0. The highest BCUT2D eigenvalue weighted by atomic mass is 32.2. The van der Waals surface area contributed by atoms with Gasteiger partial charge in [0, 0.05) is 37.6 Å². The third-order valence-corrected chi connectivity index (χ3v) is 7.19. The highest BCUT2D eigenvalue weighted by Gasteiger charge is 2.36. The zero-order valence-electron chi connectivity index (χ0n) is 17.2. The average molecular weight is 433 g/mol. The largest absolute Gasteiger partial charge is 0.383 e. The van der Waals surface area contributed by atoms with Gasteiger partial charge in [-0.2, -0.15) is 9.40 Å². The highest BCUT2D eigenvalue weighted by Crippen LogP contribution is 2.37. The summed E-state index contributed by atoms with van der Waals surface area (Å²) in [6, 6.07) is 9.57. The lowest BCUT2D eigenvalue weighted by atomic mass is 9.99. The molecule has 1 aromatic carbocycles. The van der Waals surface area contributed by atoms with Crippen LogP contribution in [0, 0.1) is 0 Å². The number of nitrogens with zero attached hydrogens (tertiary/aromatic N) is 4. The topological polar surface area (TPSA) is 86.4 Å². The van der Waals surface area contributed by atoms with Gasteiger partial charge in [0.25, 0.3) is 0 Å². The fourth-order valence-electron chi connectivity index (χ4n) is 3.91. The molecule has 8 nitrogen and oxygen atoms in total. The van der Waals surface area contributed by atoms with Crippen LogP contribution in [0.15, 0.2) is 40.5 Å². The predicted octanol–water partition coefficient (Wildman–Crippen LogP) is 2.21. The number of aromatic nitrogens is 3. The zero-order chi connectivity index (χ0) is 21.1. The number of rotatable bonds is 8. The van der Waals surface area contributed by atoms with Crippen LogP contribution in [0.3, 0.4) is 0 Å². The Morgan fingerprint density at radius 3 is 2.67 bits per heavy atom. The first kappa shape index (κ1) is 21.0. The lowest BCUT2D eigenvalue weighted by molar-refractivity contribution is 0.182. The summed E-state index contributed by atoms with van der Waals surface area (Å²) in [5, 5.41) is 5.86. The van der Waals surface area contributed by atoms with Gasteiger partial charge in [-0.3, -0.25) is 4.57 Å². The quantitative estimate of drug-likeness (QED) is 0.638. The molecule has 2 aromatic rings. The van der Waals surface area contributed by atoms with Crippen LogP contribution in [-0.2, 0) is 21.3 Å². The van der Waals surface area contributed by atoms with Gasteiger partial charge >= 0.3 is 5.69 Å². The van der Waals surface area contributed by atoms with E-state index in [4.69, 9.17) is 4.74 Å². The summed E-state index contributed by atoms with van der Waals surface area (Å²) in [7, 11) is -1.95. The van der Waals surface area contributed by atoms with Crippen LogP contribution in [0.4, 0.5) is 0 Å². The van der Waals surface area contributed by atoms with Crippen LogP contribution >= 0.6 is 0 Å². The third kappa shape index (κ3) is 4.58. The lowest BCUT2D eigenvalue weighted by Gasteiger charge is -2.30. The first-order valence-electron chi connectivity index (χ1n) is 10.4. The van der Waals surface area contributed by atoms with Gasteiger partial charge < -0.3 is 4.74 Å². The van der Waals surface area contributed by atoms with E-state index in [2.05, 4.69) is 5.10 Å². The lowest BCUT2D eigenvalue weighted by Crippen LogP contribution is -2.39. The number of piperidine rings is 1. The number of methoxy groups -OCH3 is 1. The standard InChI is InChI=1S/C21H28N4O4S/c1-29-14-13-24-21(26)25(19-9-10-19)20(22-24)18-8-5-12-23(16-18)30(27,28)15-11-17-6-3-2-4-7-17/h2-4,6-7,11,15,18-19H,5,8-10,12-14,16H2,1H3/b15-11+. The second-order valence-corrected chi connectivity index (χ2v) is 9.73. The predicted molar refractivity (Wildman–Crippen MR) is 115 cm³/mol. The molecule has 1 aliphatic carbocycles. The molecule has 4 rings (SSSR count). The van der Waals surface area contributed by atoms with Crippen LogP contribution in [0.1, 0.15) is 49.0 Å². The second-order valence-electron chi connectivity index (χ2n) is 7.91. The van der Waals surface area contributed by atoms with Gasteiger partial charge in [-0.05, 0) is 37.3 Å². The van der Waals surface area contributed by atoms with Gasteiger partial charge in [0.2, 0.25) is 10.0 Å². The van der Waals surface area contributed by atoms with Gasteiger partial charge in [-0.1, -0.05) is 30.3 Å². The SMILES string of the molecule is COCCn1nc(C2CCCN(S(=O)(=O)/C=C/c3ccccc3)C2)n(C2CC2)c1=O.